The second-order valence-corrected chi connectivity index (χ2v) is 20.8. The number of aliphatic hydroxyl groups excluding tert-OH is 4. The van der Waals surface area contributed by atoms with Gasteiger partial charge < -0.3 is 53.6 Å². The lowest BCUT2D eigenvalue weighted by Crippen LogP contribution is -2.08. The summed E-state index contributed by atoms with van der Waals surface area (Å²) in [7, 11) is 0. The molecule has 0 aromatic heterocycles. The summed E-state index contributed by atoms with van der Waals surface area (Å²) in [5.41, 5.74) is 7.70. The quantitative estimate of drug-likeness (QED) is 0.0166. The van der Waals surface area contributed by atoms with Crippen LogP contribution in [0.1, 0.15) is 138 Å². The first-order valence-corrected chi connectivity index (χ1v) is 30.4. The lowest BCUT2D eigenvalue weighted by Gasteiger charge is -2.11. The molecule has 7 aromatic carbocycles. The van der Waals surface area contributed by atoms with Crippen molar-refractivity contribution in [1.82, 2.24) is 0 Å². The van der Waals surface area contributed by atoms with Gasteiger partial charge in [-0.25, -0.2) is 0 Å². The Morgan fingerprint density at radius 1 is 0.333 bits per heavy atom. The van der Waals surface area contributed by atoms with E-state index in [0.29, 0.717) is 45.7 Å². The highest BCUT2D eigenvalue weighted by molar-refractivity contribution is 5.75. The molecule has 0 aliphatic carbocycles. The number of epoxide rings is 1. The number of ether oxygens (including phenoxy) is 7. The van der Waals surface area contributed by atoms with E-state index in [0.717, 1.165) is 179 Å². The predicted octanol–water partition coefficient (Wildman–Crippen LogP) is 15.3. The first-order chi connectivity index (χ1) is 41.0. The van der Waals surface area contributed by atoms with Crippen molar-refractivity contribution in [1.29, 1.82) is 0 Å². The van der Waals surface area contributed by atoms with Gasteiger partial charge >= 0.3 is 0 Å². The third-order valence-electron chi connectivity index (χ3n) is 14.1. The number of aliphatic hydroxyl groups is 4. The minimum atomic E-state index is -0.564. The summed E-state index contributed by atoms with van der Waals surface area (Å²) < 4.78 is 39.8. The summed E-state index contributed by atoms with van der Waals surface area (Å²) in [5.74, 6) is 3.57. The molecule has 0 amide bonds. The van der Waals surface area contributed by atoms with Gasteiger partial charge in [0.05, 0.1) is 46.2 Å². The molecular weight excluding hydrogens is 1050 g/mol. The molecule has 1 saturated heterocycles. The molecular formula is C72H92BO11. The molecule has 0 saturated carbocycles. The standard InChI is InChI=1S/C40H50O6.C24H34O4.C8H8O.B/c41-39(35-15-7-5-8-16-35)31-43-27-11-1-3-13-29-45-37-23-19-33(20-24-37)34-21-25-38(26-22-34)46-30-14-4-2-12-28-44-32-40(42)36-17-9-6-10-18-36;25-17-5-1-3-7-19-27-23-13-9-21(10-14-23)22-11-15-24(16-12-22)28-20-8-4-2-6-18-26;1-2-4-7(5-3-1)8-6-9-8;/h5-10,15-26,39-42H,1-4,11-14,27-32H2;9-16,25-26H,1-8,17-20H2;1-5,8H,6H2;. The molecule has 0 spiro atoms. The van der Waals surface area contributed by atoms with E-state index in [2.05, 4.69) is 60.7 Å². The molecule has 11 nitrogen and oxygen atoms in total. The Morgan fingerprint density at radius 2 is 0.595 bits per heavy atom. The molecule has 4 N–H and O–H groups in total. The first kappa shape index (κ1) is 68.3. The zero-order chi connectivity index (χ0) is 58.0. The average Bonchev–Trinajstić information content (AvgIpc) is 4.45. The first-order valence-electron chi connectivity index (χ1n) is 30.4. The zero-order valence-corrected chi connectivity index (χ0v) is 49.4. The molecule has 1 aliphatic rings. The second-order valence-electron chi connectivity index (χ2n) is 20.8. The molecule has 1 aliphatic heterocycles. The van der Waals surface area contributed by atoms with Gasteiger partial charge in [-0.15, -0.1) is 0 Å². The molecule has 449 valence electrons. The van der Waals surface area contributed by atoms with Crippen LogP contribution in [0, 0.1) is 0 Å². The van der Waals surface area contributed by atoms with Gasteiger partial charge in [0.1, 0.15) is 41.3 Å². The fourth-order valence-electron chi connectivity index (χ4n) is 9.03. The van der Waals surface area contributed by atoms with Gasteiger partial charge in [0, 0.05) is 34.8 Å². The smallest absolute Gasteiger partial charge is 0.119 e. The van der Waals surface area contributed by atoms with Crippen molar-refractivity contribution in [2.45, 2.75) is 121 Å². The topological polar surface area (TPSA) is 149 Å². The maximum absolute atomic E-state index is 10.1. The van der Waals surface area contributed by atoms with Crippen molar-refractivity contribution in [2.75, 3.05) is 72.7 Å². The minimum absolute atomic E-state index is 0. The third kappa shape index (κ3) is 28.9. The highest BCUT2D eigenvalue weighted by Gasteiger charge is 2.23. The van der Waals surface area contributed by atoms with E-state index in [1.165, 1.54) is 5.56 Å². The number of rotatable bonds is 39. The Kier molecular flexibility index (Phi) is 35.1. The van der Waals surface area contributed by atoms with Crippen LogP contribution >= 0.6 is 0 Å². The van der Waals surface area contributed by atoms with Crippen LogP contribution in [-0.2, 0) is 14.2 Å². The van der Waals surface area contributed by atoms with Gasteiger partial charge in [0.2, 0.25) is 0 Å². The average molecular weight is 1140 g/mol. The van der Waals surface area contributed by atoms with Crippen LogP contribution in [-0.4, -0.2) is 102 Å². The van der Waals surface area contributed by atoms with E-state index in [1.807, 2.05) is 127 Å². The van der Waals surface area contributed by atoms with Crippen LogP contribution in [0.4, 0.5) is 0 Å². The van der Waals surface area contributed by atoms with Gasteiger partial charge in [-0.3, -0.25) is 0 Å². The van der Waals surface area contributed by atoms with Gasteiger partial charge in [0.25, 0.3) is 0 Å². The summed E-state index contributed by atoms with van der Waals surface area (Å²) >= 11 is 0. The zero-order valence-electron chi connectivity index (χ0n) is 49.4. The lowest BCUT2D eigenvalue weighted by molar-refractivity contribution is 0.0344. The van der Waals surface area contributed by atoms with E-state index in [9.17, 15) is 10.2 Å². The predicted molar refractivity (Wildman–Crippen MR) is 339 cm³/mol. The van der Waals surface area contributed by atoms with Crippen molar-refractivity contribution in [2.24, 2.45) is 0 Å². The highest BCUT2D eigenvalue weighted by atomic mass is 16.6. The molecule has 1 fully saturated rings. The van der Waals surface area contributed by atoms with Crippen molar-refractivity contribution < 1.29 is 53.6 Å². The Bertz CT molecular complexity index is 2480. The van der Waals surface area contributed by atoms with Crippen LogP contribution < -0.4 is 18.9 Å². The van der Waals surface area contributed by atoms with E-state index in [4.69, 9.17) is 43.4 Å². The maximum Gasteiger partial charge on any atom is 0.119 e. The molecule has 3 unspecified atom stereocenters. The second kappa shape index (κ2) is 43.2. The molecule has 12 heteroatoms. The van der Waals surface area contributed by atoms with Crippen LogP contribution in [0.3, 0.4) is 0 Å². The Balaban J connectivity index is 0.000000285. The van der Waals surface area contributed by atoms with Crippen molar-refractivity contribution in [3.8, 4) is 45.3 Å². The maximum atomic E-state index is 10.1. The third-order valence-corrected chi connectivity index (χ3v) is 14.1. The van der Waals surface area contributed by atoms with Crippen LogP contribution in [0.15, 0.2) is 188 Å². The summed E-state index contributed by atoms with van der Waals surface area (Å²) in [6.07, 6.45) is 15.7. The van der Waals surface area contributed by atoms with Crippen LogP contribution in [0.2, 0.25) is 0 Å². The number of benzene rings is 7. The molecule has 7 aromatic rings. The largest absolute Gasteiger partial charge is 0.494 e. The van der Waals surface area contributed by atoms with Crippen LogP contribution in [0.25, 0.3) is 22.3 Å². The van der Waals surface area contributed by atoms with E-state index >= 15 is 0 Å². The van der Waals surface area contributed by atoms with E-state index in [1.54, 1.807) is 0 Å². The molecule has 3 atom stereocenters. The van der Waals surface area contributed by atoms with Gasteiger partial charge in [-0.05, 0) is 165 Å². The summed E-state index contributed by atoms with van der Waals surface area (Å²) in [5, 5.41) is 37.8. The molecule has 1 heterocycles. The van der Waals surface area contributed by atoms with Crippen LogP contribution in [0.5, 0.6) is 23.0 Å². The van der Waals surface area contributed by atoms with Crippen molar-refractivity contribution in [3.05, 3.63) is 205 Å². The highest BCUT2D eigenvalue weighted by Crippen LogP contribution is 2.29. The molecule has 0 bridgehead atoms. The Morgan fingerprint density at radius 3 is 0.869 bits per heavy atom. The summed E-state index contributed by atoms with van der Waals surface area (Å²) in [6, 6.07) is 62.4. The van der Waals surface area contributed by atoms with Crippen molar-refractivity contribution >= 4 is 8.41 Å². The fraction of sp³-hybridized carbons (Fsp3) is 0.417. The van der Waals surface area contributed by atoms with Gasteiger partial charge in [0.15, 0.2) is 0 Å². The van der Waals surface area contributed by atoms with Gasteiger partial charge in [-0.2, -0.15) is 0 Å². The molecule has 3 radical (unpaired) electrons. The molecule has 84 heavy (non-hydrogen) atoms. The molecule has 8 rings (SSSR count). The van der Waals surface area contributed by atoms with Crippen molar-refractivity contribution in [3.63, 3.8) is 0 Å². The van der Waals surface area contributed by atoms with E-state index < -0.39 is 12.2 Å². The summed E-state index contributed by atoms with van der Waals surface area (Å²) in [4.78, 5) is 0. The number of hydrogen-bond acceptors (Lipinski definition) is 11. The number of unbranched alkanes of at least 4 members (excludes halogenated alkanes) is 12. The number of hydrogen-bond donors (Lipinski definition) is 4. The SMILES string of the molecule is OC(COCCCCCCOc1ccc(-c2ccc(OCCCCCCOCC(O)c3ccccc3)cc2)cc1)c1ccccc1.OCCCCCCOc1ccc(-c2ccc(OCCCCCCO)cc2)cc1.[B].c1ccc(C2CO2)cc1. The Hall–Kier alpha value is -6.48. The van der Waals surface area contributed by atoms with Gasteiger partial charge in [-0.1, -0.05) is 165 Å². The normalized spacial score (nSPS) is 13.0. The summed E-state index contributed by atoms with van der Waals surface area (Å²) in [6.45, 7) is 6.31. The minimum Gasteiger partial charge on any atom is -0.494 e. The Labute approximate surface area is 503 Å². The lowest BCUT2D eigenvalue weighted by atomic mass is 10.1. The monoisotopic (exact) mass is 1140 g/mol. The van der Waals surface area contributed by atoms with E-state index in [-0.39, 0.29) is 21.6 Å². The fourth-order valence-corrected chi connectivity index (χ4v) is 9.03.